The summed E-state index contributed by atoms with van der Waals surface area (Å²) < 4.78 is 0. The van der Waals surface area contributed by atoms with Crippen LogP contribution >= 0.6 is 0 Å². The first-order valence-corrected chi connectivity index (χ1v) is 7.71. The number of aryl methyl sites for hydroxylation is 2. The van der Waals surface area contributed by atoms with Crippen molar-refractivity contribution >= 4 is 11.2 Å². The van der Waals surface area contributed by atoms with Crippen molar-refractivity contribution in [2.45, 2.75) is 31.6 Å². The quantitative estimate of drug-likeness (QED) is 0.735. The SMILES string of the molecule is Cc1cnc2nc(C3C4CCc5ccccc5C43)[nH]c2c1. The van der Waals surface area contributed by atoms with E-state index in [1.54, 1.807) is 5.56 Å². The van der Waals surface area contributed by atoms with E-state index >= 15 is 0 Å². The minimum absolute atomic E-state index is 0.558. The normalized spacial score (nSPS) is 26.4. The van der Waals surface area contributed by atoms with E-state index in [1.165, 1.54) is 24.0 Å². The van der Waals surface area contributed by atoms with Crippen molar-refractivity contribution in [3.05, 3.63) is 59.0 Å². The van der Waals surface area contributed by atoms with Crippen LogP contribution in [0.1, 0.15) is 40.8 Å². The van der Waals surface area contributed by atoms with E-state index < -0.39 is 0 Å². The summed E-state index contributed by atoms with van der Waals surface area (Å²) in [6.07, 6.45) is 4.39. The first-order chi connectivity index (χ1) is 10.3. The van der Waals surface area contributed by atoms with Gasteiger partial charge in [0.2, 0.25) is 0 Å². The number of imidazole rings is 1. The van der Waals surface area contributed by atoms with Gasteiger partial charge in [-0.2, -0.15) is 0 Å². The predicted octanol–water partition coefficient (Wildman–Crippen LogP) is 3.71. The monoisotopic (exact) mass is 275 g/mol. The van der Waals surface area contributed by atoms with Crippen LogP contribution in [0.3, 0.4) is 0 Å². The number of aromatic nitrogens is 3. The van der Waals surface area contributed by atoms with Crippen molar-refractivity contribution < 1.29 is 0 Å². The number of rotatable bonds is 1. The Labute approximate surface area is 123 Å². The summed E-state index contributed by atoms with van der Waals surface area (Å²) in [7, 11) is 0. The molecular weight excluding hydrogens is 258 g/mol. The van der Waals surface area contributed by atoms with Crippen LogP contribution in [0.25, 0.3) is 11.2 Å². The summed E-state index contributed by atoms with van der Waals surface area (Å²) in [5, 5.41) is 0. The molecule has 1 N–H and O–H groups in total. The van der Waals surface area contributed by atoms with Crippen molar-refractivity contribution in [3.63, 3.8) is 0 Å². The van der Waals surface area contributed by atoms with Gasteiger partial charge in [-0.25, -0.2) is 9.97 Å². The fourth-order valence-corrected chi connectivity index (χ4v) is 4.12. The molecule has 2 aliphatic carbocycles. The highest BCUT2D eigenvalue weighted by Crippen LogP contribution is 2.64. The molecule has 2 aliphatic rings. The second-order valence-corrected chi connectivity index (χ2v) is 6.46. The first kappa shape index (κ1) is 11.5. The first-order valence-electron chi connectivity index (χ1n) is 7.71. The van der Waals surface area contributed by atoms with Gasteiger partial charge in [-0.05, 0) is 54.4 Å². The summed E-state index contributed by atoms with van der Waals surface area (Å²) in [6, 6.07) is 11.0. The number of hydrogen-bond donors (Lipinski definition) is 1. The second kappa shape index (κ2) is 3.94. The molecule has 2 aromatic heterocycles. The summed E-state index contributed by atoms with van der Waals surface area (Å²) in [5.74, 6) is 3.12. The minimum Gasteiger partial charge on any atom is -0.340 e. The van der Waals surface area contributed by atoms with Crippen molar-refractivity contribution in [2.24, 2.45) is 5.92 Å². The van der Waals surface area contributed by atoms with Gasteiger partial charge in [-0.1, -0.05) is 24.3 Å². The van der Waals surface area contributed by atoms with Crippen LogP contribution in [-0.4, -0.2) is 15.0 Å². The van der Waals surface area contributed by atoms with E-state index in [9.17, 15) is 0 Å². The Morgan fingerprint density at radius 2 is 2.10 bits per heavy atom. The predicted molar refractivity (Wildman–Crippen MR) is 82.4 cm³/mol. The number of benzene rings is 1. The molecule has 0 spiro atoms. The molecule has 3 heteroatoms. The minimum atomic E-state index is 0.558. The maximum atomic E-state index is 4.75. The Morgan fingerprint density at radius 3 is 3.05 bits per heavy atom. The summed E-state index contributed by atoms with van der Waals surface area (Å²) in [6.45, 7) is 2.07. The van der Waals surface area contributed by atoms with Gasteiger partial charge in [0.1, 0.15) is 5.82 Å². The Balaban J connectivity index is 1.57. The maximum absolute atomic E-state index is 4.75. The molecule has 1 aromatic carbocycles. The van der Waals surface area contributed by atoms with E-state index in [4.69, 9.17) is 4.98 Å². The van der Waals surface area contributed by atoms with Crippen LogP contribution in [0.2, 0.25) is 0 Å². The standard InChI is InChI=1S/C18H17N3/c1-10-8-14-17(19-9-10)21-18(20-14)16-13-7-6-11-4-2-3-5-12(11)15(13)16/h2-5,8-9,13,15-16H,6-7H2,1H3,(H,19,20,21). The van der Waals surface area contributed by atoms with E-state index in [2.05, 4.69) is 47.2 Å². The summed E-state index contributed by atoms with van der Waals surface area (Å²) >= 11 is 0. The zero-order valence-electron chi connectivity index (χ0n) is 12.0. The van der Waals surface area contributed by atoms with E-state index in [-0.39, 0.29) is 0 Å². The molecular formula is C18H17N3. The maximum Gasteiger partial charge on any atom is 0.177 e. The molecule has 21 heavy (non-hydrogen) atoms. The van der Waals surface area contributed by atoms with Crippen LogP contribution < -0.4 is 0 Å². The van der Waals surface area contributed by atoms with Gasteiger partial charge in [-0.15, -0.1) is 0 Å². The van der Waals surface area contributed by atoms with Crippen LogP contribution in [0.4, 0.5) is 0 Å². The lowest BCUT2D eigenvalue weighted by atomic mass is 9.92. The highest BCUT2D eigenvalue weighted by Gasteiger charge is 2.55. The van der Waals surface area contributed by atoms with Crippen LogP contribution in [-0.2, 0) is 6.42 Å². The van der Waals surface area contributed by atoms with Crippen molar-refractivity contribution in [1.82, 2.24) is 15.0 Å². The highest BCUT2D eigenvalue weighted by atomic mass is 15.0. The molecule has 3 atom stereocenters. The van der Waals surface area contributed by atoms with E-state index in [0.29, 0.717) is 11.8 Å². The molecule has 104 valence electrons. The molecule has 2 heterocycles. The fraction of sp³-hybridized carbons (Fsp3) is 0.333. The summed E-state index contributed by atoms with van der Waals surface area (Å²) in [4.78, 5) is 12.7. The number of pyridine rings is 1. The third-order valence-corrected chi connectivity index (χ3v) is 5.14. The third kappa shape index (κ3) is 1.60. The van der Waals surface area contributed by atoms with Crippen molar-refractivity contribution in [3.8, 4) is 0 Å². The van der Waals surface area contributed by atoms with Gasteiger partial charge < -0.3 is 4.98 Å². The Kier molecular flexibility index (Phi) is 2.16. The lowest BCUT2D eigenvalue weighted by Gasteiger charge is -2.13. The molecule has 3 nitrogen and oxygen atoms in total. The molecule has 0 aliphatic heterocycles. The zero-order chi connectivity index (χ0) is 14.0. The molecule has 3 unspecified atom stereocenters. The van der Waals surface area contributed by atoms with Gasteiger partial charge in [0.15, 0.2) is 5.65 Å². The molecule has 1 fully saturated rings. The smallest absolute Gasteiger partial charge is 0.177 e. The number of nitrogens with zero attached hydrogens (tertiary/aromatic N) is 2. The number of nitrogens with one attached hydrogen (secondary N) is 1. The van der Waals surface area contributed by atoms with Crippen molar-refractivity contribution in [2.75, 3.05) is 0 Å². The largest absolute Gasteiger partial charge is 0.340 e. The third-order valence-electron chi connectivity index (χ3n) is 5.14. The molecule has 0 saturated heterocycles. The lowest BCUT2D eigenvalue weighted by Crippen LogP contribution is -2.00. The van der Waals surface area contributed by atoms with Crippen LogP contribution in [0, 0.1) is 12.8 Å². The number of H-pyrrole nitrogens is 1. The molecule has 5 rings (SSSR count). The fourth-order valence-electron chi connectivity index (χ4n) is 4.12. The Hall–Kier alpha value is -2.16. The average Bonchev–Trinajstić information content (AvgIpc) is 3.11. The van der Waals surface area contributed by atoms with Crippen LogP contribution in [0.15, 0.2) is 36.5 Å². The molecule has 0 radical (unpaired) electrons. The van der Waals surface area contributed by atoms with Crippen LogP contribution in [0.5, 0.6) is 0 Å². The second-order valence-electron chi connectivity index (χ2n) is 6.46. The summed E-state index contributed by atoms with van der Waals surface area (Å²) in [5.41, 5.74) is 6.18. The number of fused-ring (bicyclic) bond motifs is 4. The molecule has 0 amide bonds. The number of hydrogen-bond acceptors (Lipinski definition) is 2. The topological polar surface area (TPSA) is 41.6 Å². The van der Waals surface area contributed by atoms with Gasteiger partial charge in [0.05, 0.1) is 5.52 Å². The highest BCUT2D eigenvalue weighted by molar-refractivity contribution is 5.71. The Bertz CT molecular complexity index is 849. The molecule has 1 saturated carbocycles. The number of aromatic amines is 1. The average molecular weight is 275 g/mol. The lowest BCUT2D eigenvalue weighted by molar-refractivity contribution is 0.655. The van der Waals surface area contributed by atoms with Gasteiger partial charge >= 0.3 is 0 Å². The van der Waals surface area contributed by atoms with Gasteiger partial charge in [-0.3, -0.25) is 0 Å². The molecule has 3 aromatic rings. The van der Waals surface area contributed by atoms with Gasteiger partial charge in [0.25, 0.3) is 0 Å². The van der Waals surface area contributed by atoms with Gasteiger partial charge in [0, 0.05) is 12.1 Å². The molecule has 0 bridgehead atoms. The Morgan fingerprint density at radius 1 is 1.19 bits per heavy atom. The zero-order valence-corrected chi connectivity index (χ0v) is 12.0. The van der Waals surface area contributed by atoms with E-state index in [0.717, 1.165) is 22.9 Å². The van der Waals surface area contributed by atoms with Crippen molar-refractivity contribution in [1.29, 1.82) is 0 Å². The van der Waals surface area contributed by atoms with E-state index in [1.807, 2.05) is 6.20 Å².